The summed E-state index contributed by atoms with van der Waals surface area (Å²) in [5, 5.41) is 25.3. The second kappa shape index (κ2) is 7.74. The van der Waals surface area contributed by atoms with Crippen molar-refractivity contribution >= 4 is 23.4 Å². The van der Waals surface area contributed by atoms with Crippen molar-refractivity contribution in [2.24, 2.45) is 5.73 Å². The third-order valence-corrected chi connectivity index (χ3v) is 4.28. The SMILES string of the molecule is COC(=O)Nc1ccc2c(c1)NC(=O)CC(O)C(O)C[C@H](N)c1nc-2c[nH]1. The molecule has 2 aromatic rings. The number of H-pyrrole nitrogens is 1. The Labute approximate surface area is 154 Å². The Hall–Kier alpha value is -2.95. The minimum Gasteiger partial charge on any atom is -0.453 e. The summed E-state index contributed by atoms with van der Waals surface area (Å²) in [7, 11) is 1.24. The highest BCUT2D eigenvalue weighted by atomic mass is 16.5. The number of aliphatic hydroxyl groups excluding tert-OH is 2. The molecule has 2 unspecified atom stereocenters. The number of carbonyl (C=O) groups excluding carboxylic acids is 2. The molecule has 2 bridgehead atoms. The van der Waals surface area contributed by atoms with Gasteiger partial charge in [0.25, 0.3) is 0 Å². The molecule has 3 rings (SSSR count). The zero-order chi connectivity index (χ0) is 19.6. The van der Waals surface area contributed by atoms with E-state index in [0.717, 1.165) is 0 Å². The van der Waals surface area contributed by atoms with E-state index in [4.69, 9.17) is 5.73 Å². The number of imidazole rings is 1. The van der Waals surface area contributed by atoms with Crippen molar-refractivity contribution < 1.29 is 24.5 Å². The van der Waals surface area contributed by atoms with Crippen LogP contribution < -0.4 is 16.4 Å². The van der Waals surface area contributed by atoms with E-state index in [2.05, 4.69) is 25.3 Å². The first-order valence-corrected chi connectivity index (χ1v) is 8.33. The molecule has 1 aliphatic heterocycles. The minimum atomic E-state index is -1.27. The lowest BCUT2D eigenvalue weighted by molar-refractivity contribution is -0.120. The Morgan fingerprint density at radius 2 is 2.15 bits per heavy atom. The Kier molecular flexibility index (Phi) is 5.40. The number of aliphatic hydroxyl groups is 2. The lowest BCUT2D eigenvalue weighted by Gasteiger charge is -2.21. The van der Waals surface area contributed by atoms with Gasteiger partial charge in [0.2, 0.25) is 5.91 Å². The number of amides is 2. The van der Waals surface area contributed by atoms with E-state index in [1.807, 2.05) is 0 Å². The maximum absolute atomic E-state index is 12.3. The highest BCUT2D eigenvalue weighted by Gasteiger charge is 2.26. The summed E-state index contributed by atoms with van der Waals surface area (Å²) in [5.74, 6) is -0.0474. The van der Waals surface area contributed by atoms with Crippen LogP contribution in [0.3, 0.4) is 0 Å². The van der Waals surface area contributed by atoms with Crippen LogP contribution in [0, 0.1) is 0 Å². The van der Waals surface area contributed by atoms with Gasteiger partial charge in [-0.1, -0.05) is 0 Å². The van der Waals surface area contributed by atoms with E-state index < -0.39 is 30.3 Å². The van der Waals surface area contributed by atoms with E-state index in [1.54, 1.807) is 24.4 Å². The second-order valence-corrected chi connectivity index (χ2v) is 6.28. The van der Waals surface area contributed by atoms with Crippen molar-refractivity contribution in [1.82, 2.24) is 9.97 Å². The van der Waals surface area contributed by atoms with Gasteiger partial charge in [0.15, 0.2) is 0 Å². The van der Waals surface area contributed by atoms with Gasteiger partial charge < -0.3 is 31.0 Å². The molecule has 1 aromatic carbocycles. The number of aromatic nitrogens is 2. The largest absolute Gasteiger partial charge is 0.453 e. The van der Waals surface area contributed by atoms with E-state index in [0.29, 0.717) is 28.5 Å². The Balaban J connectivity index is 2.03. The number of nitrogens with zero attached hydrogens (tertiary/aromatic N) is 1. The van der Waals surface area contributed by atoms with Gasteiger partial charge in [0.05, 0.1) is 43.2 Å². The molecule has 3 atom stereocenters. The van der Waals surface area contributed by atoms with Crippen LogP contribution in [0.4, 0.5) is 16.2 Å². The maximum Gasteiger partial charge on any atom is 0.411 e. The first-order valence-electron chi connectivity index (χ1n) is 8.33. The second-order valence-electron chi connectivity index (χ2n) is 6.28. The molecule has 0 radical (unpaired) electrons. The molecule has 10 nitrogen and oxygen atoms in total. The van der Waals surface area contributed by atoms with Crippen molar-refractivity contribution in [2.45, 2.75) is 31.1 Å². The van der Waals surface area contributed by atoms with E-state index in [-0.39, 0.29) is 12.8 Å². The molecular formula is C17H21N5O5. The molecule has 144 valence electrons. The number of fused-ring (bicyclic) bond motifs is 4. The number of benzene rings is 1. The van der Waals surface area contributed by atoms with Gasteiger partial charge in [-0.25, -0.2) is 9.78 Å². The molecule has 0 saturated carbocycles. The van der Waals surface area contributed by atoms with E-state index >= 15 is 0 Å². The molecule has 2 heterocycles. The summed E-state index contributed by atoms with van der Waals surface area (Å²) in [6.07, 6.45) is -1.72. The number of nitrogens with one attached hydrogen (secondary N) is 3. The summed E-state index contributed by atoms with van der Waals surface area (Å²) in [6.45, 7) is 0. The maximum atomic E-state index is 12.3. The number of hydrogen-bond donors (Lipinski definition) is 6. The number of rotatable bonds is 1. The van der Waals surface area contributed by atoms with Gasteiger partial charge in [-0.15, -0.1) is 0 Å². The molecule has 0 spiro atoms. The standard InChI is InChI=1S/C17H21N5O5/c1-27-17(26)20-8-2-3-9-11(4-8)21-15(25)6-14(24)13(23)5-10(18)16-19-7-12(9)22-16/h2-4,7,10,13-14,23-24H,5-6,18H2,1H3,(H,19,22)(H,20,26)(H,21,25)/t10-,13?,14?/m0/s1. The summed E-state index contributed by atoms with van der Waals surface area (Å²) >= 11 is 0. The first-order chi connectivity index (χ1) is 12.9. The van der Waals surface area contributed by atoms with E-state index in [9.17, 15) is 19.8 Å². The van der Waals surface area contributed by atoms with Gasteiger partial charge in [-0.3, -0.25) is 10.1 Å². The molecule has 10 heteroatoms. The van der Waals surface area contributed by atoms with E-state index in [1.165, 1.54) is 7.11 Å². The highest BCUT2D eigenvalue weighted by molar-refractivity contribution is 5.97. The Morgan fingerprint density at radius 3 is 2.89 bits per heavy atom. The molecule has 7 N–H and O–H groups in total. The van der Waals surface area contributed by atoms with Crippen molar-refractivity contribution in [2.75, 3.05) is 17.7 Å². The predicted octanol–water partition coefficient (Wildman–Crippen LogP) is 0.709. The third-order valence-electron chi connectivity index (χ3n) is 4.28. The van der Waals surface area contributed by atoms with Gasteiger partial charge >= 0.3 is 6.09 Å². The van der Waals surface area contributed by atoms with Crippen molar-refractivity contribution in [3.63, 3.8) is 0 Å². The van der Waals surface area contributed by atoms with Crippen LogP contribution in [0.5, 0.6) is 0 Å². The number of carbonyl (C=O) groups is 2. The lowest BCUT2D eigenvalue weighted by atomic mass is 10.0. The average Bonchev–Trinajstić information content (AvgIpc) is 3.11. The number of ether oxygens (including phenoxy) is 1. The number of nitrogens with two attached hydrogens (primary N) is 1. The lowest BCUT2D eigenvalue weighted by Crippen LogP contribution is -2.33. The highest BCUT2D eigenvalue weighted by Crippen LogP contribution is 2.31. The number of anilines is 2. The first kappa shape index (κ1) is 18.8. The zero-order valence-corrected chi connectivity index (χ0v) is 14.6. The number of aromatic amines is 1. The third kappa shape index (κ3) is 4.25. The van der Waals surface area contributed by atoms with Crippen LogP contribution in [0.1, 0.15) is 24.7 Å². The molecule has 1 aliphatic rings. The van der Waals surface area contributed by atoms with Crippen LogP contribution in [0.25, 0.3) is 11.3 Å². The molecule has 0 fully saturated rings. The Bertz CT molecular complexity index is 852. The fourth-order valence-corrected chi connectivity index (χ4v) is 2.84. The predicted molar refractivity (Wildman–Crippen MR) is 96.9 cm³/mol. The smallest absolute Gasteiger partial charge is 0.411 e. The summed E-state index contributed by atoms with van der Waals surface area (Å²) < 4.78 is 4.56. The average molecular weight is 375 g/mol. The summed E-state index contributed by atoms with van der Waals surface area (Å²) in [4.78, 5) is 31.1. The van der Waals surface area contributed by atoms with Crippen molar-refractivity contribution in [3.05, 3.63) is 30.2 Å². The Morgan fingerprint density at radius 1 is 1.37 bits per heavy atom. The summed E-state index contributed by atoms with van der Waals surface area (Å²) in [6, 6.07) is 4.24. The molecular weight excluding hydrogens is 354 g/mol. The van der Waals surface area contributed by atoms with Crippen molar-refractivity contribution in [1.29, 1.82) is 0 Å². The van der Waals surface area contributed by atoms with Gasteiger partial charge in [-0.2, -0.15) is 0 Å². The van der Waals surface area contributed by atoms with Gasteiger partial charge in [0.1, 0.15) is 5.82 Å². The van der Waals surface area contributed by atoms with Crippen LogP contribution in [0.2, 0.25) is 0 Å². The van der Waals surface area contributed by atoms with Crippen LogP contribution >= 0.6 is 0 Å². The molecule has 2 amide bonds. The molecule has 1 aromatic heterocycles. The normalized spacial score (nSPS) is 22.7. The monoisotopic (exact) mass is 375 g/mol. The summed E-state index contributed by atoms with van der Waals surface area (Å²) in [5.41, 5.74) is 7.96. The molecule has 0 aliphatic carbocycles. The number of methoxy groups -OCH3 is 1. The van der Waals surface area contributed by atoms with Crippen LogP contribution in [0.15, 0.2) is 24.4 Å². The molecule has 0 saturated heterocycles. The van der Waals surface area contributed by atoms with Gasteiger partial charge in [0, 0.05) is 17.4 Å². The topological polar surface area (TPSA) is 163 Å². The quantitative estimate of drug-likeness (QED) is 0.427. The van der Waals surface area contributed by atoms with Crippen LogP contribution in [-0.4, -0.2) is 51.5 Å². The fourth-order valence-electron chi connectivity index (χ4n) is 2.84. The van der Waals surface area contributed by atoms with Gasteiger partial charge in [-0.05, 0) is 24.6 Å². The number of hydrogen-bond acceptors (Lipinski definition) is 7. The minimum absolute atomic E-state index is 0.0518. The van der Waals surface area contributed by atoms with Crippen LogP contribution in [-0.2, 0) is 9.53 Å². The zero-order valence-electron chi connectivity index (χ0n) is 14.6. The molecule has 27 heavy (non-hydrogen) atoms. The fraction of sp³-hybridized carbons (Fsp3) is 0.353. The van der Waals surface area contributed by atoms with Crippen molar-refractivity contribution in [3.8, 4) is 11.3 Å².